The molecule has 0 aromatic heterocycles. The summed E-state index contributed by atoms with van der Waals surface area (Å²) in [6, 6.07) is 6.31. The maximum atomic E-state index is 12.2. The Labute approximate surface area is 119 Å². The standard InChI is InChI=1S/C13H16O5S2/c1-8-3-5-10(6-4-8)20(16,17)18-12-9(2)11-7-19(14,15)13(11)12/h3-6,9,11-13H,7H2,1-2H3. The van der Waals surface area contributed by atoms with Crippen LogP contribution in [0.2, 0.25) is 0 Å². The van der Waals surface area contributed by atoms with E-state index in [2.05, 4.69) is 0 Å². The lowest BCUT2D eigenvalue weighted by Crippen LogP contribution is -2.69. The van der Waals surface area contributed by atoms with Gasteiger partial charge in [0.1, 0.15) is 0 Å². The van der Waals surface area contributed by atoms with Gasteiger partial charge in [0.25, 0.3) is 10.1 Å². The van der Waals surface area contributed by atoms with E-state index < -0.39 is 31.3 Å². The van der Waals surface area contributed by atoms with Crippen molar-refractivity contribution in [2.45, 2.75) is 30.1 Å². The third kappa shape index (κ3) is 1.99. The van der Waals surface area contributed by atoms with Crippen LogP contribution in [0.25, 0.3) is 0 Å². The van der Waals surface area contributed by atoms with E-state index in [9.17, 15) is 16.8 Å². The molecular weight excluding hydrogens is 300 g/mol. The summed E-state index contributed by atoms with van der Waals surface area (Å²) < 4.78 is 52.8. The minimum absolute atomic E-state index is 0.0382. The van der Waals surface area contributed by atoms with E-state index in [4.69, 9.17) is 4.18 Å². The van der Waals surface area contributed by atoms with Crippen LogP contribution in [0.1, 0.15) is 12.5 Å². The molecule has 5 nitrogen and oxygen atoms in total. The minimum Gasteiger partial charge on any atom is -0.261 e. The summed E-state index contributed by atoms with van der Waals surface area (Å²) in [5.41, 5.74) is 0.947. The van der Waals surface area contributed by atoms with E-state index in [-0.39, 0.29) is 22.5 Å². The largest absolute Gasteiger partial charge is 0.297 e. The zero-order valence-corrected chi connectivity index (χ0v) is 12.8. The van der Waals surface area contributed by atoms with Crippen LogP contribution in [0.15, 0.2) is 29.2 Å². The Hall–Kier alpha value is -0.920. The van der Waals surface area contributed by atoms with E-state index in [1.165, 1.54) is 12.1 Å². The first-order chi connectivity index (χ1) is 9.22. The Morgan fingerprint density at radius 1 is 1.20 bits per heavy atom. The predicted molar refractivity (Wildman–Crippen MR) is 73.5 cm³/mol. The second kappa shape index (κ2) is 4.29. The first-order valence-electron chi connectivity index (χ1n) is 6.44. The summed E-state index contributed by atoms with van der Waals surface area (Å²) in [6.45, 7) is 3.70. The molecule has 2 aliphatic rings. The molecule has 4 atom stereocenters. The molecule has 0 N–H and O–H groups in total. The number of sulfone groups is 1. The van der Waals surface area contributed by atoms with Gasteiger partial charge in [-0.05, 0) is 30.9 Å². The first kappa shape index (κ1) is 14.0. The fourth-order valence-corrected chi connectivity index (χ4v) is 6.70. The second-order valence-electron chi connectivity index (χ2n) is 5.65. The quantitative estimate of drug-likeness (QED) is 0.781. The smallest absolute Gasteiger partial charge is 0.261 e. The molecule has 3 rings (SSSR count). The lowest BCUT2D eigenvalue weighted by Gasteiger charge is -2.55. The van der Waals surface area contributed by atoms with Crippen molar-refractivity contribution in [3.8, 4) is 0 Å². The molecule has 1 aliphatic carbocycles. The topological polar surface area (TPSA) is 77.5 Å². The van der Waals surface area contributed by atoms with Gasteiger partial charge in [-0.25, -0.2) is 8.42 Å². The van der Waals surface area contributed by atoms with Crippen molar-refractivity contribution < 1.29 is 21.0 Å². The Bertz CT molecular complexity index is 733. The molecule has 2 fully saturated rings. The molecule has 110 valence electrons. The Kier molecular flexibility index (Phi) is 3.01. The highest BCUT2D eigenvalue weighted by Crippen LogP contribution is 2.51. The number of fused-ring (bicyclic) bond motifs is 1. The molecule has 20 heavy (non-hydrogen) atoms. The molecule has 7 heteroatoms. The lowest BCUT2D eigenvalue weighted by molar-refractivity contribution is 0.00268. The highest BCUT2D eigenvalue weighted by Gasteiger charge is 2.65. The minimum atomic E-state index is -3.91. The summed E-state index contributed by atoms with van der Waals surface area (Å²) in [4.78, 5) is 0.0653. The van der Waals surface area contributed by atoms with Crippen molar-refractivity contribution in [2.24, 2.45) is 11.8 Å². The Morgan fingerprint density at radius 2 is 1.80 bits per heavy atom. The van der Waals surface area contributed by atoms with Gasteiger partial charge in [-0.2, -0.15) is 8.42 Å². The number of aryl methyl sites for hydroxylation is 1. The molecule has 4 unspecified atom stereocenters. The molecule has 0 amide bonds. The van der Waals surface area contributed by atoms with Gasteiger partial charge < -0.3 is 0 Å². The average molecular weight is 316 g/mol. The number of hydrogen-bond donors (Lipinski definition) is 0. The van der Waals surface area contributed by atoms with Crippen LogP contribution in [0.5, 0.6) is 0 Å². The maximum Gasteiger partial charge on any atom is 0.297 e. The SMILES string of the molecule is Cc1ccc(S(=O)(=O)OC2C(C)C3CS(=O)(=O)C32)cc1. The summed E-state index contributed by atoms with van der Waals surface area (Å²) >= 11 is 0. The van der Waals surface area contributed by atoms with Gasteiger partial charge in [-0.1, -0.05) is 24.6 Å². The fraction of sp³-hybridized carbons (Fsp3) is 0.538. The Morgan fingerprint density at radius 3 is 2.35 bits per heavy atom. The molecule has 1 aromatic carbocycles. The van der Waals surface area contributed by atoms with E-state index in [0.717, 1.165) is 5.56 Å². The molecule has 0 spiro atoms. The molecule has 1 saturated heterocycles. The molecule has 0 radical (unpaired) electrons. The van der Waals surface area contributed by atoms with Crippen molar-refractivity contribution in [2.75, 3.05) is 5.75 Å². The van der Waals surface area contributed by atoms with Gasteiger partial charge in [0.05, 0.1) is 22.0 Å². The van der Waals surface area contributed by atoms with Gasteiger partial charge in [0.2, 0.25) is 0 Å². The summed E-state index contributed by atoms with van der Waals surface area (Å²) in [6.07, 6.45) is -0.745. The maximum absolute atomic E-state index is 12.2. The van der Waals surface area contributed by atoms with Crippen LogP contribution >= 0.6 is 0 Å². The van der Waals surface area contributed by atoms with E-state index in [0.29, 0.717) is 0 Å². The zero-order valence-electron chi connectivity index (χ0n) is 11.2. The van der Waals surface area contributed by atoms with Crippen LogP contribution in [0.4, 0.5) is 0 Å². The van der Waals surface area contributed by atoms with Crippen molar-refractivity contribution in [3.63, 3.8) is 0 Å². The summed E-state index contributed by atoms with van der Waals surface area (Å²) in [5.74, 6) is 0.172. The zero-order chi connectivity index (χ0) is 14.7. The highest BCUT2D eigenvalue weighted by atomic mass is 32.2. The summed E-state index contributed by atoms with van der Waals surface area (Å²) in [7, 11) is -7.06. The van der Waals surface area contributed by atoms with Gasteiger partial charge in [0.15, 0.2) is 9.84 Å². The van der Waals surface area contributed by atoms with Crippen molar-refractivity contribution in [1.29, 1.82) is 0 Å². The third-order valence-electron chi connectivity index (χ3n) is 4.33. The summed E-state index contributed by atoms with van der Waals surface area (Å²) in [5, 5.41) is -0.641. The number of rotatable bonds is 3. The van der Waals surface area contributed by atoms with E-state index in [1.807, 2.05) is 13.8 Å². The molecule has 0 bridgehead atoms. The second-order valence-corrected chi connectivity index (χ2v) is 9.42. The van der Waals surface area contributed by atoms with Crippen LogP contribution < -0.4 is 0 Å². The molecule has 1 heterocycles. The highest BCUT2D eigenvalue weighted by molar-refractivity contribution is 7.93. The van der Waals surface area contributed by atoms with Crippen LogP contribution in [-0.2, 0) is 24.1 Å². The average Bonchev–Trinajstić information content (AvgIpc) is 2.35. The van der Waals surface area contributed by atoms with Gasteiger partial charge in [-0.3, -0.25) is 4.18 Å². The monoisotopic (exact) mass is 316 g/mol. The van der Waals surface area contributed by atoms with Gasteiger partial charge in [-0.15, -0.1) is 0 Å². The van der Waals surface area contributed by atoms with Gasteiger partial charge in [0, 0.05) is 0 Å². The van der Waals surface area contributed by atoms with Crippen molar-refractivity contribution >= 4 is 20.0 Å². The van der Waals surface area contributed by atoms with E-state index in [1.54, 1.807) is 12.1 Å². The van der Waals surface area contributed by atoms with Crippen LogP contribution in [0.3, 0.4) is 0 Å². The van der Waals surface area contributed by atoms with Crippen molar-refractivity contribution in [3.05, 3.63) is 29.8 Å². The lowest BCUT2D eigenvalue weighted by atomic mass is 9.72. The van der Waals surface area contributed by atoms with E-state index >= 15 is 0 Å². The first-order valence-corrected chi connectivity index (χ1v) is 9.56. The fourth-order valence-electron chi connectivity index (χ4n) is 2.96. The normalized spacial score (nSPS) is 34.7. The number of benzene rings is 1. The molecule has 1 saturated carbocycles. The predicted octanol–water partition coefficient (Wildman–Crippen LogP) is 1.13. The third-order valence-corrected chi connectivity index (χ3v) is 7.95. The van der Waals surface area contributed by atoms with Crippen LogP contribution in [-0.4, -0.2) is 33.9 Å². The number of hydrogen-bond acceptors (Lipinski definition) is 5. The molecule has 1 aromatic rings. The Balaban J connectivity index is 1.82. The molecule has 1 aliphatic heterocycles. The molecular formula is C13H16O5S2. The van der Waals surface area contributed by atoms with Crippen molar-refractivity contribution in [1.82, 2.24) is 0 Å². The van der Waals surface area contributed by atoms with Gasteiger partial charge >= 0.3 is 0 Å². The van der Waals surface area contributed by atoms with Crippen LogP contribution in [0, 0.1) is 18.8 Å².